The fourth-order valence-corrected chi connectivity index (χ4v) is 3.08. The summed E-state index contributed by atoms with van der Waals surface area (Å²) < 4.78 is 6.83. The van der Waals surface area contributed by atoms with Crippen molar-refractivity contribution in [2.75, 3.05) is 26.8 Å². The lowest BCUT2D eigenvalue weighted by atomic mass is 10.0. The van der Waals surface area contributed by atoms with Crippen molar-refractivity contribution in [1.82, 2.24) is 24.6 Å². The fraction of sp³-hybridized carbons (Fsp3) is 0.444. The largest absolute Gasteiger partial charge is 0.383 e. The van der Waals surface area contributed by atoms with Crippen molar-refractivity contribution in [3.8, 4) is 0 Å². The van der Waals surface area contributed by atoms with Gasteiger partial charge in [0.25, 0.3) is 0 Å². The van der Waals surface area contributed by atoms with E-state index in [0.717, 1.165) is 5.56 Å². The van der Waals surface area contributed by atoms with Crippen molar-refractivity contribution >= 4 is 11.8 Å². The summed E-state index contributed by atoms with van der Waals surface area (Å²) in [5, 5.41) is 7.91. The molecule has 1 aromatic carbocycles. The highest BCUT2D eigenvalue weighted by molar-refractivity contribution is 5.95. The molecule has 8 heteroatoms. The Balaban J connectivity index is 1.85. The molecule has 2 aromatic rings. The third kappa shape index (κ3) is 3.91. The van der Waals surface area contributed by atoms with E-state index in [1.54, 1.807) is 27.8 Å². The zero-order chi connectivity index (χ0) is 18.5. The van der Waals surface area contributed by atoms with Crippen LogP contribution in [0.2, 0.25) is 0 Å². The maximum atomic E-state index is 13.0. The molecule has 1 aliphatic rings. The van der Waals surface area contributed by atoms with E-state index in [0.29, 0.717) is 25.4 Å². The van der Waals surface area contributed by atoms with E-state index in [1.807, 2.05) is 37.4 Å². The van der Waals surface area contributed by atoms with Crippen molar-refractivity contribution in [3.63, 3.8) is 0 Å². The van der Waals surface area contributed by atoms with E-state index < -0.39 is 6.04 Å². The molecule has 0 saturated carbocycles. The molecule has 26 heavy (non-hydrogen) atoms. The van der Waals surface area contributed by atoms with Crippen LogP contribution in [-0.2, 0) is 34.3 Å². The predicted molar refractivity (Wildman–Crippen MR) is 93.9 cm³/mol. The molecule has 0 radical (unpaired) electrons. The zero-order valence-electron chi connectivity index (χ0n) is 15.0. The summed E-state index contributed by atoms with van der Waals surface area (Å²) in [5.41, 5.74) is 1.01. The second kappa shape index (κ2) is 8.09. The molecule has 2 heterocycles. The van der Waals surface area contributed by atoms with Gasteiger partial charge in [-0.3, -0.25) is 9.59 Å². The third-order valence-electron chi connectivity index (χ3n) is 4.57. The Bertz CT molecular complexity index is 761. The van der Waals surface area contributed by atoms with E-state index >= 15 is 0 Å². The Morgan fingerprint density at radius 2 is 2.00 bits per heavy atom. The second-order valence-electron chi connectivity index (χ2n) is 6.34. The van der Waals surface area contributed by atoms with Gasteiger partial charge < -0.3 is 19.1 Å². The van der Waals surface area contributed by atoms with Crippen LogP contribution in [0.5, 0.6) is 0 Å². The average molecular weight is 357 g/mol. The van der Waals surface area contributed by atoms with Crippen molar-refractivity contribution in [2.24, 2.45) is 7.05 Å². The number of hydrogen-bond donors (Lipinski definition) is 0. The number of benzene rings is 1. The van der Waals surface area contributed by atoms with Crippen molar-refractivity contribution < 1.29 is 14.3 Å². The number of amides is 2. The first-order chi connectivity index (χ1) is 12.6. The molecule has 1 fully saturated rings. The molecule has 1 aromatic heterocycles. The maximum Gasteiger partial charge on any atom is 0.246 e. The smallest absolute Gasteiger partial charge is 0.246 e. The standard InChI is InChI=1S/C18H23N5O3/c1-21-13-19-20-16(21)11-23-15(10-14-6-4-3-5-7-14)18(25)22(8-9-26-2)12-17(23)24/h3-7,13,15H,8-12H2,1-2H3/t15-/m1/s1. The molecule has 8 nitrogen and oxygen atoms in total. The van der Waals surface area contributed by atoms with Crippen LogP contribution >= 0.6 is 0 Å². The molecule has 1 atom stereocenters. The number of aryl methyl sites for hydroxylation is 1. The minimum Gasteiger partial charge on any atom is -0.383 e. The molecular formula is C18H23N5O3. The van der Waals surface area contributed by atoms with Gasteiger partial charge in [0.05, 0.1) is 19.7 Å². The summed E-state index contributed by atoms with van der Waals surface area (Å²) in [6.45, 7) is 1.13. The Morgan fingerprint density at radius 3 is 2.65 bits per heavy atom. The second-order valence-corrected chi connectivity index (χ2v) is 6.34. The molecular weight excluding hydrogens is 334 g/mol. The fourth-order valence-electron chi connectivity index (χ4n) is 3.08. The molecule has 0 bridgehead atoms. The molecule has 0 aliphatic carbocycles. The summed E-state index contributed by atoms with van der Waals surface area (Å²) >= 11 is 0. The van der Waals surface area contributed by atoms with Crippen molar-refractivity contribution in [3.05, 3.63) is 48.0 Å². The van der Waals surface area contributed by atoms with Crippen molar-refractivity contribution in [2.45, 2.75) is 19.0 Å². The molecule has 0 N–H and O–H groups in total. The highest BCUT2D eigenvalue weighted by atomic mass is 16.5. The van der Waals surface area contributed by atoms with Crippen LogP contribution < -0.4 is 0 Å². The molecule has 138 valence electrons. The zero-order valence-corrected chi connectivity index (χ0v) is 15.0. The first kappa shape index (κ1) is 18.1. The summed E-state index contributed by atoms with van der Waals surface area (Å²) in [6, 6.07) is 9.16. The number of rotatable bonds is 7. The van der Waals surface area contributed by atoms with Gasteiger partial charge in [-0.15, -0.1) is 10.2 Å². The number of hydrogen-bond acceptors (Lipinski definition) is 5. The number of nitrogens with zero attached hydrogens (tertiary/aromatic N) is 5. The van der Waals surface area contributed by atoms with Gasteiger partial charge in [-0.2, -0.15) is 0 Å². The van der Waals surface area contributed by atoms with E-state index in [2.05, 4.69) is 10.2 Å². The van der Waals surface area contributed by atoms with Crippen LogP contribution in [0, 0.1) is 0 Å². The minimum absolute atomic E-state index is 0.0608. The van der Waals surface area contributed by atoms with E-state index in [1.165, 1.54) is 0 Å². The van der Waals surface area contributed by atoms with Crippen LogP contribution in [0.1, 0.15) is 11.4 Å². The van der Waals surface area contributed by atoms with Crippen molar-refractivity contribution in [1.29, 1.82) is 0 Å². The number of carbonyl (C=O) groups is 2. The molecule has 1 aliphatic heterocycles. The molecule has 1 saturated heterocycles. The lowest BCUT2D eigenvalue weighted by Gasteiger charge is -2.40. The van der Waals surface area contributed by atoms with Gasteiger partial charge >= 0.3 is 0 Å². The summed E-state index contributed by atoms with van der Waals surface area (Å²) in [4.78, 5) is 29.0. The van der Waals surface area contributed by atoms with Gasteiger partial charge in [0.2, 0.25) is 11.8 Å². The number of methoxy groups -OCH3 is 1. The van der Waals surface area contributed by atoms with Gasteiger partial charge in [-0.1, -0.05) is 30.3 Å². The van der Waals surface area contributed by atoms with Crippen LogP contribution in [-0.4, -0.2) is 69.2 Å². The summed E-state index contributed by atoms with van der Waals surface area (Å²) in [5.74, 6) is 0.492. The highest BCUT2D eigenvalue weighted by Crippen LogP contribution is 2.19. The third-order valence-corrected chi connectivity index (χ3v) is 4.57. The molecule has 3 rings (SSSR count). The van der Waals surface area contributed by atoms with Gasteiger partial charge in [-0.25, -0.2) is 0 Å². The van der Waals surface area contributed by atoms with Gasteiger partial charge in [-0.05, 0) is 5.56 Å². The maximum absolute atomic E-state index is 13.0. The first-order valence-electron chi connectivity index (χ1n) is 8.54. The Morgan fingerprint density at radius 1 is 1.23 bits per heavy atom. The topological polar surface area (TPSA) is 80.6 Å². The number of carbonyl (C=O) groups excluding carboxylic acids is 2. The van der Waals surface area contributed by atoms with E-state index in [4.69, 9.17) is 4.74 Å². The monoisotopic (exact) mass is 357 g/mol. The van der Waals surface area contributed by atoms with Gasteiger partial charge in [0.1, 0.15) is 12.4 Å². The normalized spacial score (nSPS) is 17.8. The molecule has 0 unspecified atom stereocenters. The van der Waals surface area contributed by atoms with Crippen LogP contribution in [0.15, 0.2) is 36.7 Å². The number of ether oxygens (including phenoxy) is 1. The summed E-state index contributed by atoms with van der Waals surface area (Å²) in [6.07, 6.45) is 2.05. The van der Waals surface area contributed by atoms with Gasteiger partial charge in [0.15, 0.2) is 5.82 Å². The summed E-state index contributed by atoms with van der Waals surface area (Å²) in [7, 11) is 3.40. The Hall–Kier alpha value is -2.74. The van der Waals surface area contributed by atoms with E-state index in [9.17, 15) is 9.59 Å². The lowest BCUT2D eigenvalue weighted by molar-refractivity contribution is -0.157. The Labute approximate surface area is 152 Å². The highest BCUT2D eigenvalue weighted by Gasteiger charge is 2.39. The quantitative estimate of drug-likeness (QED) is 0.709. The SMILES string of the molecule is COCCN1CC(=O)N(Cc2nncn2C)[C@H](Cc2ccccc2)C1=O. The van der Waals surface area contributed by atoms with Crippen LogP contribution in [0.4, 0.5) is 0 Å². The first-order valence-corrected chi connectivity index (χ1v) is 8.54. The number of piperazine rings is 1. The predicted octanol–water partition coefficient (Wildman–Crippen LogP) is 0.244. The Kier molecular flexibility index (Phi) is 5.62. The molecule has 2 amide bonds. The number of aromatic nitrogens is 3. The van der Waals surface area contributed by atoms with Gasteiger partial charge in [0, 0.05) is 27.1 Å². The molecule has 0 spiro atoms. The van der Waals surface area contributed by atoms with E-state index in [-0.39, 0.29) is 24.9 Å². The minimum atomic E-state index is -0.563. The van der Waals surface area contributed by atoms with Crippen LogP contribution in [0.25, 0.3) is 0 Å². The average Bonchev–Trinajstić information content (AvgIpc) is 3.05. The lowest BCUT2D eigenvalue weighted by Crippen LogP contribution is -2.60. The van der Waals surface area contributed by atoms with Crippen LogP contribution in [0.3, 0.4) is 0 Å².